The van der Waals surface area contributed by atoms with Crippen molar-refractivity contribution in [1.29, 1.82) is 0 Å². The Kier molecular flexibility index (Phi) is 8.96. The van der Waals surface area contributed by atoms with E-state index in [2.05, 4.69) is 5.32 Å². The molecule has 2 fully saturated rings. The van der Waals surface area contributed by atoms with E-state index in [1.54, 1.807) is 46.2 Å². The molecule has 0 radical (unpaired) electrons. The van der Waals surface area contributed by atoms with Gasteiger partial charge in [-0.2, -0.15) is 0 Å². The lowest BCUT2D eigenvalue weighted by Crippen LogP contribution is -2.67. The minimum Gasteiger partial charge on any atom is -0.366 e. The summed E-state index contributed by atoms with van der Waals surface area (Å²) in [6.07, 6.45) is 6.64. The number of halogens is 1. The SMILES string of the molecule is NC(=O)c1ccc(C(C(=O)NCCc2ccc(F)cc2)N2C(=O)C3Cc4ccccc4CN3C(=O)C2CC2CCCCC2)cc1. The molecule has 3 atom stereocenters. The zero-order chi connectivity index (χ0) is 31.5. The van der Waals surface area contributed by atoms with Crippen molar-refractivity contribution in [3.63, 3.8) is 0 Å². The Morgan fingerprint density at radius 2 is 1.58 bits per heavy atom. The van der Waals surface area contributed by atoms with Gasteiger partial charge in [0.25, 0.3) is 0 Å². The Morgan fingerprint density at radius 3 is 2.27 bits per heavy atom. The van der Waals surface area contributed by atoms with Gasteiger partial charge in [0.05, 0.1) is 0 Å². The van der Waals surface area contributed by atoms with E-state index in [0.717, 1.165) is 48.8 Å². The van der Waals surface area contributed by atoms with Crippen molar-refractivity contribution in [3.05, 3.63) is 106 Å². The summed E-state index contributed by atoms with van der Waals surface area (Å²) in [5.41, 5.74) is 9.20. The number of rotatable bonds is 9. The van der Waals surface area contributed by atoms with Gasteiger partial charge in [-0.3, -0.25) is 19.2 Å². The molecule has 3 N–H and O–H groups in total. The highest BCUT2D eigenvalue weighted by Crippen LogP contribution is 2.38. The summed E-state index contributed by atoms with van der Waals surface area (Å²) >= 11 is 0. The smallest absolute Gasteiger partial charge is 0.248 e. The van der Waals surface area contributed by atoms with Crippen LogP contribution >= 0.6 is 0 Å². The second-order valence-electron chi connectivity index (χ2n) is 12.5. The number of nitrogens with one attached hydrogen (secondary N) is 1. The van der Waals surface area contributed by atoms with Crippen molar-refractivity contribution in [2.75, 3.05) is 6.54 Å². The van der Waals surface area contributed by atoms with Crippen molar-refractivity contribution in [1.82, 2.24) is 15.1 Å². The summed E-state index contributed by atoms with van der Waals surface area (Å²) in [6.45, 7) is 0.620. The van der Waals surface area contributed by atoms with Crippen LogP contribution < -0.4 is 11.1 Å². The zero-order valence-corrected chi connectivity index (χ0v) is 25.3. The average Bonchev–Trinajstić information content (AvgIpc) is 3.06. The Morgan fingerprint density at radius 1 is 0.889 bits per heavy atom. The van der Waals surface area contributed by atoms with Gasteiger partial charge in [0.2, 0.25) is 23.6 Å². The van der Waals surface area contributed by atoms with Gasteiger partial charge >= 0.3 is 0 Å². The fraction of sp³-hybridized carbons (Fsp3) is 0.389. The molecule has 3 unspecified atom stereocenters. The molecular weight excluding hydrogens is 571 g/mol. The third-order valence-corrected chi connectivity index (χ3v) is 9.64. The normalized spacial score (nSPS) is 20.7. The van der Waals surface area contributed by atoms with E-state index in [1.807, 2.05) is 24.3 Å². The van der Waals surface area contributed by atoms with E-state index in [0.29, 0.717) is 31.4 Å². The molecule has 2 heterocycles. The van der Waals surface area contributed by atoms with E-state index in [1.165, 1.54) is 12.1 Å². The first-order valence-corrected chi connectivity index (χ1v) is 15.9. The largest absolute Gasteiger partial charge is 0.366 e. The number of nitrogens with zero attached hydrogens (tertiary/aromatic N) is 2. The number of fused-ring (bicyclic) bond motifs is 2. The summed E-state index contributed by atoms with van der Waals surface area (Å²) in [5.74, 6) is -1.45. The van der Waals surface area contributed by atoms with Crippen molar-refractivity contribution < 1.29 is 23.6 Å². The minimum absolute atomic E-state index is 0.127. The molecule has 0 bridgehead atoms. The molecule has 3 aromatic rings. The molecule has 0 spiro atoms. The molecule has 1 saturated carbocycles. The van der Waals surface area contributed by atoms with E-state index >= 15 is 0 Å². The van der Waals surface area contributed by atoms with Crippen molar-refractivity contribution in [2.45, 2.75) is 76.0 Å². The topological polar surface area (TPSA) is 113 Å². The van der Waals surface area contributed by atoms with Crippen LogP contribution in [-0.2, 0) is 33.8 Å². The van der Waals surface area contributed by atoms with E-state index in [-0.39, 0.29) is 35.7 Å². The van der Waals surface area contributed by atoms with Crippen LogP contribution in [0.3, 0.4) is 0 Å². The number of hydrogen-bond donors (Lipinski definition) is 2. The van der Waals surface area contributed by atoms with Gasteiger partial charge in [0.1, 0.15) is 23.9 Å². The molecule has 1 saturated heterocycles. The quantitative estimate of drug-likeness (QED) is 0.373. The zero-order valence-electron chi connectivity index (χ0n) is 25.3. The molecule has 234 valence electrons. The van der Waals surface area contributed by atoms with E-state index < -0.39 is 29.9 Å². The summed E-state index contributed by atoms with van der Waals surface area (Å²) in [5, 5.41) is 2.98. The van der Waals surface area contributed by atoms with Crippen LogP contribution in [0.15, 0.2) is 72.8 Å². The van der Waals surface area contributed by atoms with E-state index in [9.17, 15) is 23.6 Å². The Hall–Kier alpha value is -4.53. The molecule has 3 aromatic carbocycles. The Bertz CT molecular complexity index is 1570. The van der Waals surface area contributed by atoms with Gasteiger partial charge in [-0.25, -0.2) is 4.39 Å². The summed E-state index contributed by atoms with van der Waals surface area (Å²) in [7, 11) is 0. The fourth-order valence-corrected chi connectivity index (χ4v) is 7.22. The van der Waals surface area contributed by atoms with Crippen LogP contribution in [0.5, 0.6) is 0 Å². The average molecular weight is 611 g/mol. The predicted octanol–water partition coefficient (Wildman–Crippen LogP) is 4.46. The predicted molar refractivity (Wildman–Crippen MR) is 167 cm³/mol. The summed E-state index contributed by atoms with van der Waals surface area (Å²) in [6, 6.07) is 17.7. The van der Waals surface area contributed by atoms with Crippen LogP contribution in [0.25, 0.3) is 0 Å². The molecule has 8 nitrogen and oxygen atoms in total. The number of amides is 4. The third kappa shape index (κ3) is 6.48. The maximum absolute atomic E-state index is 14.6. The number of piperazine rings is 1. The van der Waals surface area contributed by atoms with Gasteiger partial charge in [0.15, 0.2) is 0 Å². The maximum atomic E-state index is 14.6. The molecule has 45 heavy (non-hydrogen) atoms. The number of nitrogens with two attached hydrogens (primary N) is 1. The molecule has 2 aliphatic heterocycles. The van der Waals surface area contributed by atoms with Crippen LogP contribution in [0.1, 0.15) is 77.2 Å². The lowest BCUT2D eigenvalue weighted by molar-refractivity contribution is -0.169. The highest BCUT2D eigenvalue weighted by molar-refractivity contribution is 6.01. The lowest BCUT2D eigenvalue weighted by atomic mass is 9.81. The van der Waals surface area contributed by atoms with Gasteiger partial charge in [0, 0.05) is 25.1 Å². The van der Waals surface area contributed by atoms with E-state index in [4.69, 9.17) is 5.73 Å². The maximum Gasteiger partial charge on any atom is 0.248 e. The number of hydrogen-bond acceptors (Lipinski definition) is 4. The first-order valence-electron chi connectivity index (χ1n) is 15.9. The van der Waals surface area contributed by atoms with Gasteiger partial charge < -0.3 is 20.9 Å². The molecule has 0 aromatic heterocycles. The lowest BCUT2D eigenvalue weighted by Gasteiger charge is -2.50. The van der Waals surface area contributed by atoms with Crippen molar-refractivity contribution >= 4 is 23.6 Å². The molecule has 3 aliphatic rings. The first-order chi connectivity index (χ1) is 21.8. The molecule has 4 amide bonds. The van der Waals surface area contributed by atoms with Crippen LogP contribution in [0, 0.1) is 11.7 Å². The summed E-state index contributed by atoms with van der Waals surface area (Å²) < 4.78 is 13.4. The van der Waals surface area contributed by atoms with Gasteiger partial charge in [-0.05, 0) is 65.3 Å². The van der Waals surface area contributed by atoms with Gasteiger partial charge in [-0.1, -0.05) is 80.6 Å². The fourth-order valence-electron chi connectivity index (χ4n) is 7.22. The monoisotopic (exact) mass is 610 g/mol. The van der Waals surface area contributed by atoms with Crippen molar-refractivity contribution in [3.8, 4) is 0 Å². The van der Waals surface area contributed by atoms with Crippen LogP contribution in [-0.4, -0.2) is 52.1 Å². The molecule has 9 heteroatoms. The Balaban J connectivity index is 1.36. The summed E-state index contributed by atoms with van der Waals surface area (Å²) in [4.78, 5) is 58.3. The highest BCUT2D eigenvalue weighted by atomic mass is 19.1. The first kappa shape index (κ1) is 30.5. The minimum atomic E-state index is -1.09. The number of carbonyl (C=O) groups excluding carboxylic acids is 4. The van der Waals surface area contributed by atoms with Crippen LogP contribution in [0.2, 0.25) is 0 Å². The standard InChI is InChI=1S/C36H39FN4O4/c37-29-16-10-23(11-17-29)18-19-39-34(43)32(25-12-14-26(15-13-25)33(38)42)41-31(20-24-6-2-1-3-7-24)35(44)40-22-28-9-5-4-8-27(28)21-30(40)36(41)45/h4-5,8-17,24,30-32H,1-3,6-7,18-22H2,(H2,38,42)(H,39,43). The number of primary amides is 1. The van der Waals surface area contributed by atoms with Crippen molar-refractivity contribution in [2.24, 2.45) is 11.7 Å². The second-order valence-corrected chi connectivity index (χ2v) is 12.5. The van der Waals surface area contributed by atoms with Gasteiger partial charge in [-0.15, -0.1) is 0 Å². The Labute approximate surface area is 262 Å². The highest BCUT2D eigenvalue weighted by Gasteiger charge is 2.51. The second kappa shape index (κ2) is 13.2. The molecule has 6 rings (SSSR count). The number of benzene rings is 3. The number of carbonyl (C=O) groups is 4. The molecule has 1 aliphatic carbocycles. The third-order valence-electron chi connectivity index (χ3n) is 9.64. The molecular formula is C36H39FN4O4. The van der Waals surface area contributed by atoms with Crippen LogP contribution in [0.4, 0.5) is 4.39 Å².